The monoisotopic (exact) mass is 1990 g/mol. The number of fused-ring (bicyclic) bond motifs is 30. The Balaban J connectivity index is 0.0000000887. The third-order valence-corrected chi connectivity index (χ3v) is 35.0. The molecule has 150 heavy (non-hydrogen) atoms. The molecule has 5 aliphatic rings. The van der Waals surface area contributed by atoms with Crippen molar-refractivity contribution in [2.45, 2.75) is 58.4 Å². The maximum Gasteiger partial charge on any atom is 0.235 e. The van der Waals surface area contributed by atoms with Crippen LogP contribution >= 0.6 is 47.0 Å². The predicted octanol–water partition coefficient (Wildman–Crippen LogP) is 34.4. The number of rotatable bonds is 6. The van der Waals surface area contributed by atoms with Crippen LogP contribution in [-0.2, 0) is 5.41 Å². The second-order valence-corrected chi connectivity index (χ2v) is 43.3. The van der Waals surface area contributed by atoms with Gasteiger partial charge >= 0.3 is 0 Å². The van der Waals surface area contributed by atoms with Crippen molar-refractivity contribution >= 4 is 211 Å². The van der Waals surface area contributed by atoms with Crippen LogP contribution in [0.3, 0.4) is 0 Å². The van der Waals surface area contributed by atoms with Gasteiger partial charge in [0.25, 0.3) is 0 Å². The molecule has 19 heteroatoms. The first-order chi connectivity index (χ1) is 74.2. The van der Waals surface area contributed by atoms with Crippen molar-refractivity contribution in [2.24, 2.45) is 0 Å². The van der Waals surface area contributed by atoms with Crippen molar-refractivity contribution in [2.75, 3.05) is 0 Å². The Morgan fingerprint density at radius 3 is 1.01 bits per heavy atom. The van der Waals surface area contributed by atoms with E-state index < -0.39 is 0 Å². The Morgan fingerprint density at radius 1 is 0.207 bits per heavy atom. The summed E-state index contributed by atoms with van der Waals surface area (Å²) < 4.78 is 20.1. The van der Waals surface area contributed by atoms with Crippen LogP contribution in [0.5, 0.6) is 0 Å². The smallest absolute Gasteiger partial charge is 0.235 e. The summed E-state index contributed by atoms with van der Waals surface area (Å²) in [5, 5.41) is 15.1. The summed E-state index contributed by atoms with van der Waals surface area (Å²) >= 11 is 7.18. The molecule has 1 aliphatic carbocycles. The zero-order valence-electron chi connectivity index (χ0n) is 80.4. The van der Waals surface area contributed by atoms with E-state index in [-0.39, 0.29) is 5.41 Å². The van der Waals surface area contributed by atoms with Crippen molar-refractivity contribution in [1.82, 2.24) is 67.3 Å². The van der Waals surface area contributed by atoms with Crippen LogP contribution < -0.4 is 0 Å². The average molecular weight is 1990 g/mol. The van der Waals surface area contributed by atoms with Gasteiger partial charge in [-0.05, 0) is 169 Å². The number of hydrogen-bond donors (Lipinski definition) is 0. The standard InChI is InChI=1S/C38H22N4S.C34H20N4S.C31H21N3S.C28H15N3OS/c1-2-11-23(12-3-1)41-30-18-8-5-14-26(30)34-31(41)22-21-25-24-13-4-7-17-29(24)42(37(25)34)38-39-28-16-10-20-33-35(28)36(40-38)27-15-6-9-19-32(27)43-33;1-2-11-21(12-3-1)37-26-17-7-4-13-22(26)33-32(37)23-14-5-8-18-27(23)38(33)34-35-25-16-10-20-29-30(25)31(36-34)24-15-6-9-19-28(24)39-29;1-31(2)21-13-6-3-10-18(21)29-27(31)19-11-4-7-15-23(19)34(29)30-32-22-14-9-17-25-26(22)28(33-30)20-12-5-8-16-24(20)35-25;1-4-12-20-16(8-1)27-26(17-9-2-5-13-21(17)32-27)31(20)28-29-19-11-7-15-23-24(19)25(30-28)18-10-3-6-14-22(18)33-23/h1-22H;1-20H;3-17H,1-2H3;1-15H. The van der Waals surface area contributed by atoms with E-state index in [9.17, 15) is 0 Å². The molecule has 11 aromatic heterocycles. The number of hydrogen-bond acceptors (Lipinski definition) is 13. The molecule has 15 heterocycles. The molecule has 0 atom stereocenters. The normalized spacial score (nSPS) is 13.1. The first kappa shape index (κ1) is 85.0. The quantitative estimate of drug-likeness (QED) is 0.156. The van der Waals surface area contributed by atoms with Gasteiger partial charge < -0.3 is 13.6 Å². The molecule has 19 aromatic carbocycles. The van der Waals surface area contributed by atoms with Gasteiger partial charge in [-0.3, -0.25) is 18.3 Å². The Kier molecular flexibility index (Phi) is 18.6. The maximum atomic E-state index is 6.32. The minimum absolute atomic E-state index is 0.0989. The van der Waals surface area contributed by atoms with Gasteiger partial charge in [0.1, 0.15) is 11.1 Å². The van der Waals surface area contributed by atoms with Gasteiger partial charge in [-0.2, -0.15) is 0 Å². The first-order valence-electron chi connectivity index (χ1n) is 50.3. The molecule has 4 aliphatic heterocycles. The van der Waals surface area contributed by atoms with Crippen LogP contribution in [0.4, 0.5) is 0 Å². The van der Waals surface area contributed by atoms with Gasteiger partial charge in [-0.15, -0.1) is 0 Å². The van der Waals surface area contributed by atoms with Gasteiger partial charge in [0.05, 0.1) is 106 Å². The third-order valence-electron chi connectivity index (χ3n) is 30.4. The van der Waals surface area contributed by atoms with E-state index in [4.69, 9.17) is 44.3 Å². The molecule has 15 nitrogen and oxygen atoms in total. The van der Waals surface area contributed by atoms with E-state index in [1.807, 2.05) is 24.3 Å². The third kappa shape index (κ3) is 12.5. The van der Waals surface area contributed by atoms with Crippen LogP contribution in [0.25, 0.3) is 255 Å². The van der Waals surface area contributed by atoms with Crippen LogP contribution in [-0.4, -0.2) is 67.3 Å². The molecule has 0 spiro atoms. The molecule has 702 valence electrons. The summed E-state index contributed by atoms with van der Waals surface area (Å²) in [6.07, 6.45) is 0. The molecule has 0 saturated heterocycles. The van der Waals surface area contributed by atoms with Crippen LogP contribution in [0.15, 0.2) is 480 Å². The van der Waals surface area contributed by atoms with E-state index in [1.165, 1.54) is 121 Å². The number of aromatic nitrogens is 14. The second-order valence-electron chi connectivity index (χ2n) is 39.0. The fourth-order valence-corrected chi connectivity index (χ4v) is 28.6. The molecule has 0 unspecified atom stereocenters. The minimum atomic E-state index is -0.0989. The fraction of sp³-hybridized carbons (Fsp3) is 0.0229. The molecule has 0 radical (unpaired) electrons. The first-order valence-corrected chi connectivity index (χ1v) is 53.5. The second kappa shape index (κ2) is 32.9. The zero-order valence-corrected chi connectivity index (χ0v) is 83.6. The zero-order chi connectivity index (χ0) is 98.4. The molecule has 0 N–H and O–H groups in total. The highest BCUT2D eigenvalue weighted by Gasteiger charge is 2.42. The summed E-state index contributed by atoms with van der Waals surface area (Å²) in [5.41, 5.74) is 34.0. The number of para-hydroxylation sites is 9. The predicted molar refractivity (Wildman–Crippen MR) is 615 cm³/mol. The van der Waals surface area contributed by atoms with Crippen molar-refractivity contribution in [3.8, 4) is 91.5 Å². The van der Waals surface area contributed by atoms with Crippen LogP contribution in [0, 0.1) is 0 Å². The molecular formula is C131H78N14OS4. The number of nitrogens with zero attached hydrogens (tertiary/aromatic N) is 14. The lowest BCUT2D eigenvalue weighted by atomic mass is 9.81. The number of benzene rings is 19. The van der Waals surface area contributed by atoms with Gasteiger partial charge in [0, 0.05) is 154 Å². The van der Waals surface area contributed by atoms with E-state index >= 15 is 0 Å². The summed E-state index contributed by atoms with van der Waals surface area (Å²) in [6.45, 7) is 4.67. The average Bonchev–Trinajstić information content (AvgIpc) is 1.53. The number of furan rings is 1. The van der Waals surface area contributed by atoms with E-state index in [0.717, 1.165) is 166 Å². The summed E-state index contributed by atoms with van der Waals surface area (Å²) in [6, 6.07) is 154. The van der Waals surface area contributed by atoms with Crippen molar-refractivity contribution in [1.29, 1.82) is 0 Å². The largest absolute Gasteiger partial charge is 0.454 e. The fourth-order valence-electron chi connectivity index (χ4n) is 24.2. The van der Waals surface area contributed by atoms with E-state index in [1.54, 1.807) is 47.0 Å². The lowest BCUT2D eigenvalue weighted by Gasteiger charge is -2.21. The van der Waals surface area contributed by atoms with E-state index in [2.05, 4.69) is 454 Å². The van der Waals surface area contributed by atoms with Crippen molar-refractivity contribution in [3.63, 3.8) is 0 Å². The Labute approximate surface area is 873 Å². The summed E-state index contributed by atoms with van der Waals surface area (Å²) in [7, 11) is 0. The molecule has 0 saturated carbocycles. The van der Waals surface area contributed by atoms with Crippen molar-refractivity contribution in [3.05, 3.63) is 448 Å². The Bertz CT molecular complexity index is 11100. The lowest BCUT2D eigenvalue weighted by Crippen LogP contribution is -2.14. The Morgan fingerprint density at radius 2 is 0.533 bits per heavy atom. The topological polar surface area (TPSA) is 146 Å². The summed E-state index contributed by atoms with van der Waals surface area (Å²) in [4.78, 5) is 51.7. The Hall–Kier alpha value is -18.2. The van der Waals surface area contributed by atoms with Crippen LogP contribution in [0.2, 0.25) is 0 Å². The van der Waals surface area contributed by atoms with E-state index in [0.29, 0.717) is 17.8 Å². The highest BCUT2D eigenvalue weighted by molar-refractivity contribution is 8.00. The van der Waals surface area contributed by atoms with Crippen LogP contribution in [0.1, 0.15) is 25.0 Å². The molecule has 0 fully saturated rings. The molecule has 30 aromatic rings. The highest BCUT2D eigenvalue weighted by atomic mass is 32.2. The minimum Gasteiger partial charge on any atom is -0.454 e. The molecule has 35 rings (SSSR count). The summed E-state index contributed by atoms with van der Waals surface area (Å²) in [5.74, 6) is 2.78. The maximum absolute atomic E-state index is 6.32. The van der Waals surface area contributed by atoms with Gasteiger partial charge in [-0.1, -0.05) is 340 Å². The highest BCUT2D eigenvalue weighted by Crippen LogP contribution is 2.58. The van der Waals surface area contributed by atoms with Gasteiger partial charge in [-0.25, -0.2) is 39.9 Å². The molecular weight excluding hydrogens is 1910 g/mol. The molecule has 0 bridgehead atoms. The lowest BCUT2D eigenvalue weighted by molar-refractivity contribution is 0.666. The van der Waals surface area contributed by atoms with Crippen molar-refractivity contribution < 1.29 is 4.42 Å². The SMILES string of the molecule is CC1(C)c2ccccc2-c2c1c1ccccc1n2-c1nc2c3c(cccc3n1)Sc1ccccc1-2.c1ccc(-n2c3ccccc3c3c2c2ccccc2n3-c2nc3c4c(cccc4n2)Sc2ccccc2-3)cc1.c1ccc(-n2c3ccccc3c3c2ccc2c4ccccc4n(-c4nc5c6c(cccc6n4)Sc4ccccc4-5)c23)cc1.c1ccc2c(c1)Sc1cccc3nc(-n4c5ccccc5c5oc6ccccc6c54)nc-2c13. The van der Waals surface area contributed by atoms with Gasteiger partial charge in [0.2, 0.25) is 23.8 Å². The van der Waals surface area contributed by atoms with Gasteiger partial charge in [0.15, 0.2) is 5.58 Å². The molecule has 0 amide bonds.